The van der Waals surface area contributed by atoms with Gasteiger partial charge in [0.2, 0.25) is 0 Å². The summed E-state index contributed by atoms with van der Waals surface area (Å²) in [5.41, 5.74) is 8.23. The average molecular weight is 333 g/mol. The van der Waals surface area contributed by atoms with E-state index in [4.69, 9.17) is 5.73 Å². The Morgan fingerprint density at radius 3 is 2.55 bits per heavy atom. The van der Waals surface area contributed by atoms with Crippen molar-refractivity contribution in [1.82, 2.24) is 4.90 Å². The van der Waals surface area contributed by atoms with Crippen LogP contribution in [-0.4, -0.2) is 24.4 Å². The summed E-state index contributed by atoms with van der Waals surface area (Å²) in [7, 11) is 1.82. The third-order valence-electron chi connectivity index (χ3n) is 3.17. The molecule has 0 spiro atoms. The molecule has 0 aliphatic heterocycles. The van der Waals surface area contributed by atoms with Crippen LogP contribution < -0.4 is 5.73 Å². The lowest BCUT2D eigenvalue weighted by molar-refractivity contribution is 0.0796. The molecule has 3 nitrogen and oxygen atoms in total. The summed E-state index contributed by atoms with van der Waals surface area (Å²) in [6, 6.07) is 15.4. The lowest BCUT2D eigenvalue weighted by Gasteiger charge is -2.17. The third kappa shape index (κ3) is 3.61. The van der Waals surface area contributed by atoms with E-state index < -0.39 is 0 Å². The van der Waals surface area contributed by atoms with Crippen LogP contribution in [-0.2, 0) is 6.42 Å². The fourth-order valence-electron chi connectivity index (χ4n) is 1.92. The summed E-state index contributed by atoms with van der Waals surface area (Å²) in [6.07, 6.45) is 0.846. The highest BCUT2D eigenvalue weighted by Crippen LogP contribution is 2.21. The molecule has 2 aromatic carbocycles. The summed E-state index contributed by atoms with van der Waals surface area (Å²) < 4.78 is 0.750. The van der Waals surface area contributed by atoms with Crippen LogP contribution in [0.2, 0.25) is 0 Å². The molecule has 2 N–H and O–H groups in total. The maximum Gasteiger partial charge on any atom is 0.253 e. The van der Waals surface area contributed by atoms with E-state index in [0.717, 1.165) is 10.9 Å². The fraction of sp³-hybridized carbons (Fsp3) is 0.188. The van der Waals surface area contributed by atoms with Crippen molar-refractivity contribution in [2.45, 2.75) is 6.42 Å². The van der Waals surface area contributed by atoms with Crippen LogP contribution in [0.15, 0.2) is 53.0 Å². The first-order valence-electron chi connectivity index (χ1n) is 6.42. The molecule has 0 saturated heterocycles. The van der Waals surface area contributed by atoms with Gasteiger partial charge in [-0.05, 0) is 46.1 Å². The molecule has 1 amide bonds. The van der Waals surface area contributed by atoms with Crippen LogP contribution in [0.5, 0.6) is 0 Å². The van der Waals surface area contributed by atoms with Gasteiger partial charge in [0.15, 0.2) is 0 Å². The number of nitrogen functional groups attached to an aromatic ring is 1. The van der Waals surface area contributed by atoms with Gasteiger partial charge in [-0.3, -0.25) is 4.79 Å². The molecule has 0 radical (unpaired) electrons. The van der Waals surface area contributed by atoms with E-state index in [2.05, 4.69) is 28.1 Å². The first-order valence-corrected chi connectivity index (χ1v) is 7.21. The van der Waals surface area contributed by atoms with Gasteiger partial charge in [0, 0.05) is 29.3 Å². The standard InChI is InChI=1S/C16H17BrN2O/c1-19(10-9-12-5-3-2-4-6-12)16(20)13-7-8-15(18)14(17)11-13/h2-8,11H,9-10,18H2,1H3. The summed E-state index contributed by atoms with van der Waals surface area (Å²) in [6.45, 7) is 0.685. The van der Waals surface area contributed by atoms with E-state index in [-0.39, 0.29) is 5.91 Å². The minimum absolute atomic E-state index is 0.00151. The minimum atomic E-state index is 0.00151. The van der Waals surface area contributed by atoms with E-state index in [1.54, 1.807) is 23.1 Å². The van der Waals surface area contributed by atoms with E-state index >= 15 is 0 Å². The summed E-state index contributed by atoms with van der Waals surface area (Å²) in [5.74, 6) is 0.00151. The Hall–Kier alpha value is -1.81. The molecule has 0 aromatic heterocycles. The first kappa shape index (κ1) is 14.6. The zero-order chi connectivity index (χ0) is 14.5. The van der Waals surface area contributed by atoms with Crippen LogP contribution in [0.1, 0.15) is 15.9 Å². The topological polar surface area (TPSA) is 46.3 Å². The van der Waals surface area contributed by atoms with Crippen molar-refractivity contribution in [2.24, 2.45) is 0 Å². The number of benzene rings is 2. The van der Waals surface area contributed by atoms with Gasteiger partial charge in [-0.25, -0.2) is 0 Å². The maximum absolute atomic E-state index is 12.3. The number of nitrogens with zero attached hydrogens (tertiary/aromatic N) is 1. The molecule has 4 heteroatoms. The summed E-state index contributed by atoms with van der Waals surface area (Å²) >= 11 is 3.34. The number of likely N-dealkylation sites (N-methyl/N-ethyl adjacent to an activating group) is 1. The molecular weight excluding hydrogens is 316 g/mol. The second-order valence-electron chi connectivity index (χ2n) is 4.70. The Kier molecular flexibility index (Phi) is 4.79. The number of rotatable bonds is 4. The molecule has 2 rings (SSSR count). The van der Waals surface area contributed by atoms with Crippen molar-refractivity contribution < 1.29 is 4.79 Å². The highest BCUT2D eigenvalue weighted by atomic mass is 79.9. The van der Waals surface area contributed by atoms with Crippen LogP contribution in [0.3, 0.4) is 0 Å². The number of halogens is 1. The van der Waals surface area contributed by atoms with Crippen molar-refractivity contribution in [1.29, 1.82) is 0 Å². The van der Waals surface area contributed by atoms with Gasteiger partial charge in [-0.2, -0.15) is 0 Å². The van der Waals surface area contributed by atoms with Crippen molar-refractivity contribution >= 4 is 27.5 Å². The van der Waals surface area contributed by atoms with Crippen LogP contribution in [0.25, 0.3) is 0 Å². The Labute approximate surface area is 127 Å². The quantitative estimate of drug-likeness (QED) is 0.873. The number of anilines is 1. The van der Waals surface area contributed by atoms with E-state index in [1.165, 1.54) is 5.56 Å². The second kappa shape index (κ2) is 6.57. The molecule has 0 unspecified atom stereocenters. The zero-order valence-electron chi connectivity index (χ0n) is 11.3. The molecular formula is C16H17BrN2O. The predicted octanol–water partition coefficient (Wildman–Crippen LogP) is 3.35. The Morgan fingerprint density at radius 1 is 1.20 bits per heavy atom. The van der Waals surface area contributed by atoms with Crippen molar-refractivity contribution in [3.05, 3.63) is 64.1 Å². The molecule has 20 heavy (non-hydrogen) atoms. The highest BCUT2D eigenvalue weighted by Gasteiger charge is 2.12. The molecule has 0 heterocycles. The third-order valence-corrected chi connectivity index (χ3v) is 3.86. The summed E-state index contributed by atoms with van der Waals surface area (Å²) in [5, 5.41) is 0. The molecule has 104 valence electrons. The predicted molar refractivity (Wildman–Crippen MR) is 85.7 cm³/mol. The molecule has 0 aliphatic rings. The van der Waals surface area contributed by atoms with Crippen molar-refractivity contribution in [3.8, 4) is 0 Å². The smallest absolute Gasteiger partial charge is 0.253 e. The van der Waals surface area contributed by atoms with Gasteiger partial charge < -0.3 is 10.6 Å². The van der Waals surface area contributed by atoms with Crippen molar-refractivity contribution in [2.75, 3.05) is 19.3 Å². The van der Waals surface area contributed by atoms with Gasteiger partial charge in [-0.1, -0.05) is 30.3 Å². The van der Waals surface area contributed by atoms with E-state index in [9.17, 15) is 4.79 Å². The van der Waals surface area contributed by atoms with E-state index in [1.807, 2.05) is 25.2 Å². The number of amides is 1. The normalized spacial score (nSPS) is 10.3. The van der Waals surface area contributed by atoms with Gasteiger partial charge in [0.25, 0.3) is 5.91 Å². The first-order chi connectivity index (χ1) is 9.58. The minimum Gasteiger partial charge on any atom is -0.398 e. The number of hydrogen-bond acceptors (Lipinski definition) is 2. The maximum atomic E-state index is 12.3. The molecule has 0 saturated carbocycles. The number of carbonyl (C=O) groups excluding carboxylic acids is 1. The average Bonchev–Trinajstić information content (AvgIpc) is 2.48. The molecule has 0 fully saturated rings. The Morgan fingerprint density at radius 2 is 1.90 bits per heavy atom. The largest absolute Gasteiger partial charge is 0.398 e. The number of nitrogens with two attached hydrogens (primary N) is 1. The lowest BCUT2D eigenvalue weighted by Crippen LogP contribution is -2.28. The molecule has 2 aromatic rings. The van der Waals surface area contributed by atoms with Gasteiger partial charge in [-0.15, -0.1) is 0 Å². The van der Waals surface area contributed by atoms with Crippen LogP contribution >= 0.6 is 15.9 Å². The number of hydrogen-bond donors (Lipinski definition) is 1. The van der Waals surface area contributed by atoms with E-state index in [0.29, 0.717) is 17.8 Å². The Balaban J connectivity index is 1.99. The number of carbonyl (C=O) groups is 1. The van der Waals surface area contributed by atoms with Crippen LogP contribution in [0, 0.1) is 0 Å². The summed E-state index contributed by atoms with van der Waals surface area (Å²) in [4.78, 5) is 14.0. The Bertz CT molecular complexity index is 599. The second-order valence-corrected chi connectivity index (χ2v) is 5.55. The monoisotopic (exact) mass is 332 g/mol. The lowest BCUT2D eigenvalue weighted by atomic mass is 10.1. The van der Waals surface area contributed by atoms with Gasteiger partial charge in [0.1, 0.15) is 0 Å². The SMILES string of the molecule is CN(CCc1ccccc1)C(=O)c1ccc(N)c(Br)c1. The van der Waals surface area contributed by atoms with Crippen molar-refractivity contribution in [3.63, 3.8) is 0 Å². The molecule has 0 atom stereocenters. The van der Waals surface area contributed by atoms with Gasteiger partial charge in [0.05, 0.1) is 0 Å². The fourth-order valence-corrected chi connectivity index (χ4v) is 2.30. The molecule has 0 bridgehead atoms. The van der Waals surface area contributed by atoms with Crippen LogP contribution in [0.4, 0.5) is 5.69 Å². The van der Waals surface area contributed by atoms with Gasteiger partial charge >= 0.3 is 0 Å². The zero-order valence-corrected chi connectivity index (χ0v) is 12.9. The highest BCUT2D eigenvalue weighted by molar-refractivity contribution is 9.10. The molecule has 0 aliphatic carbocycles.